The zero-order chi connectivity index (χ0) is 37.7. The minimum atomic E-state index is -2.21. The van der Waals surface area contributed by atoms with Gasteiger partial charge in [-0.15, -0.1) is 0 Å². The predicted molar refractivity (Wildman–Crippen MR) is 194 cm³/mol. The second kappa shape index (κ2) is 16.0. The Labute approximate surface area is 311 Å². The van der Waals surface area contributed by atoms with Crippen LogP contribution in [0.4, 0.5) is 0 Å². The van der Waals surface area contributed by atoms with E-state index in [0.717, 1.165) is 48.9 Å². The number of rotatable bonds is 13. The summed E-state index contributed by atoms with van der Waals surface area (Å²) < 4.78 is 23.5. The first-order chi connectivity index (χ1) is 24.7. The highest BCUT2D eigenvalue weighted by atomic mass is 16.8. The quantitative estimate of drug-likeness (QED) is 0.137. The average Bonchev–Trinajstić information content (AvgIpc) is 3.60. The Morgan fingerprint density at radius 2 is 1.60 bits per heavy atom. The maximum Gasteiger partial charge on any atom is 0.224 e. The van der Waals surface area contributed by atoms with Crippen molar-refractivity contribution in [1.29, 1.82) is 0 Å². The summed E-state index contributed by atoms with van der Waals surface area (Å²) in [5.41, 5.74) is 1.90. The number of aliphatic hydroxyl groups is 7. The summed E-state index contributed by atoms with van der Waals surface area (Å²) in [6.45, 7) is 12.6. The molecule has 11 nitrogen and oxygen atoms in total. The van der Waals surface area contributed by atoms with Crippen LogP contribution in [0.3, 0.4) is 0 Å². The van der Waals surface area contributed by atoms with Crippen molar-refractivity contribution in [3.8, 4) is 0 Å². The highest BCUT2D eigenvalue weighted by Crippen LogP contribution is 2.67. The minimum absolute atomic E-state index is 0.0825. The lowest BCUT2D eigenvalue weighted by molar-refractivity contribution is -0.387. The molecule has 0 amide bonds. The van der Waals surface area contributed by atoms with Gasteiger partial charge in [0.05, 0.1) is 19.3 Å². The van der Waals surface area contributed by atoms with E-state index in [-0.39, 0.29) is 11.5 Å². The van der Waals surface area contributed by atoms with E-state index in [1.165, 1.54) is 50.5 Å². The largest absolute Gasteiger partial charge is 0.394 e. The molecule has 2 saturated heterocycles. The zero-order valence-corrected chi connectivity index (χ0v) is 32.5. The van der Waals surface area contributed by atoms with Crippen LogP contribution in [-0.4, -0.2) is 116 Å². The maximum absolute atomic E-state index is 11.4. The molecule has 0 spiro atoms. The van der Waals surface area contributed by atoms with Crippen molar-refractivity contribution < 1.29 is 54.7 Å². The Morgan fingerprint density at radius 1 is 0.865 bits per heavy atom. The van der Waals surface area contributed by atoms with Crippen molar-refractivity contribution in [2.75, 3.05) is 19.8 Å². The number of hydrogen-bond acceptors (Lipinski definition) is 11. The number of aliphatic hydroxyl groups excluding tert-OH is 7. The van der Waals surface area contributed by atoms with E-state index in [1.54, 1.807) is 0 Å². The zero-order valence-electron chi connectivity index (χ0n) is 32.5. The summed E-state index contributed by atoms with van der Waals surface area (Å²) in [6.07, 6.45) is 3.42. The van der Waals surface area contributed by atoms with Gasteiger partial charge in [0.1, 0.15) is 49.3 Å². The molecule has 2 heterocycles. The molecule has 0 aromatic carbocycles. The van der Waals surface area contributed by atoms with Gasteiger partial charge < -0.3 is 54.7 Å². The topological polar surface area (TPSA) is 179 Å². The van der Waals surface area contributed by atoms with Gasteiger partial charge in [-0.25, -0.2) is 0 Å². The maximum atomic E-state index is 11.4. The molecule has 7 N–H and O–H groups in total. The standard InChI is InChI=1S/C41H70O11/c1-7-24(22(2)3)9-8-23(4)28-12-13-29-27-11-10-25-18-26(14-16-39(25,5)30(27)15-17-40(28,29)6)49-36-33(45)31(19-42)50-38(35(36)47)52-41(21-44)37(48)34(46)32(20-43)51-41/h10,22-24,26-38,42-48H,7-9,11-21H2,1-6H3. The first-order valence-electron chi connectivity index (χ1n) is 20.6. The Morgan fingerprint density at radius 3 is 2.23 bits per heavy atom. The van der Waals surface area contributed by atoms with E-state index in [4.69, 9.17) is 18.9 Å². The van der Waals surface area contributed by atoms with E-state index in [2.05, 4.69) is 47.6 Å². The summed E-state index contributed by atoms with van der Waals surface area (Å²) in [5.74, 6) is 3.01. The molecule has 11 heteroatoms. The van der Waals surface area contributed by atoms with Crippen LogP contribution in [0.25, 0.3) is 0 Å². The average molecular weight is 739 g/mol. The molecule has 5 fully saturated rings. The molecular weight excluding hydrogens is 668 g/mol. The molecule has 0 aromatic rings. The van der Waals surface area contributed by atoms with Gasteiger partial charge in [-0.2, -0.15) is 0 Å². The Kier molecular flexibility index (Phi) is 12.6. The van der Waals surface area contributed by atoms with Gasteiger partial charge in [0.2, 0.25) is 5.79 Å². The Hall–Kier alpha value is -0.700. The highest BCUT2D eigenvalue weighted by molar-refractivity contribution is 5.25. The molecule has 52 heavy (non-hydrogen) atoms. The van der Waals surface area contributed by atoms with Gasteiger partial charge in [-0.1, -0.05) is 66.0 Å². The normalized spacial score (nSPS) is 48.9. The fraction of sp³-hybridized carbons (Fsp3) is 0.951. The molecule has 18 atom stereocenters. The van der Waals surface area contributed by atoms with Crippen LogP contribution in [0, 0.1) is 52.3 Å². The Bertz CT molecular complexity index is 1230. The number of fused-ring (bicyclic) bond motifs is 5. The van der Waals surface area contributed by atoms with Crippen LogP contribution < -0.4 is 0 Å². The number of ether oxygens (including phenoxy) is 4. The molecule has 3 saturated carbocycles. The van der Waals surface area contributed by atoms with Crippen LogP contribution >= 0.6 is 0 Å². The molecule has 0 radical (unpaired) electrons. The molecule has 18 unspecified atom stereocenters. The summed E-state index contributed by atoms with van der Waals surface area (Å²) in [5, 5.41) is 73.4. The van der Waals surface area contributed by atoms with Crippen molar-refractivity contribution in [2.45, 2.75) is 173 Å². The van der Waals surface area contributed by atoms with E-state index in [1.807, 2.05) is 0 Å². The molecule has 0 aromatic heterocycles. The van der Waals surface area contributed by atoms with Crippen molar-refractivity contribution >= 4 is 0 Å². The third kappa shape index (κ3) is 7.10. The Balaban J connectivity index is 1.12. The first-order valence-corrected chi connectivity index (χ1v) is 20.6. The van der Waals surface area contributed by atoms with Crippen LogP contribution in [0.15, 0.2) is 11.6 Å². The van der Waals surface area contributed by atoms with Gasteiger partial charge in [0.25, 0.3) is 0 Å². The lowest BCUT2D eigenvalue weighted by Crippen LogP contribution is -2.64. The van der Waals surface area contributed by atoms with Gasteiger partial charge in [0, 0.05) is 0 Å². The van der Waals surface area contributed by atoms with Gasteiger partial charge in [-0.3, -0.25) is 0 Å². The third-order valence-electron chi connectivity index (χ3n) is 15.7. The lowest BCUT2D eigenvalue weighted by Gasteiger charge is -2.58. The second-order valence-corrected chi connectivity index (χ2v) is 18.5. The predicted octanol–water partition coefficient (Wildman–Crippen LogP) is 3.67. The van der Waals surface area contributed by atoms with Crippen molar-refractivity contribution in [2.24, 2.45) is 52.3 Å². The SMILES string of the molecule is CCC(CCC(C)C1CCC2C3CC=C4CC(OC5C(O)C(CO)OC(OC6(CO)OC(CO)C(O)C6O)C5O)CCC4(C)C3CCC12C)C(C)C. The van der Waals surface area contributed by atoms with E-state index in [9.17, 15) is 35.7 Å². The van der Waals surface area contributed by atoms with E-state index in [0.29, 0.717) is 23.7 Å². The van der Waals surface area contributed by atoms with Crippen LogP contribution in [-0.2, 0) is 18.9 Å². The minimum Gasteiger partial charge on any atom is -0.394 e. The number of allylic oxidation sites excluding steroid dienone is 1. The van der Waals surface area contributed by atoms with Crippen molar-refractivity contribution in [3.05, 3.63) is 11.6 Å². The van der Waals surface area contributed by atoms with Crippen LogP contribution in [0.2, 0.25) is 0 Å². The highest BCUT2D eigenvalue weighted by Gasteiger charge is 2.61. The second-order valence-electron chi connectivity index (χ2n) is 18.5. The molecule has 6 rings (SSSR count). The van der Waals surface area contributed by atoms with Crippen molar-refractivity contribution in [1.82, 2.24) is 0 Å². The van der Waals surface area contributed by atoms with Crippen LogP contribution in [0.1, 0.15) is 112 Å². The fourth-order valence-corrected chi connectivity index (χ4v) is 12.4. The molecule has 4 aliphatic carbocycles. The monoisotopic (exact) mass is 738 g/mol. The van der Waals surface area contributed by atoms with Gasteiger partial charge in [0.15, 0.2) is 6.29 Å². The first kappa shape index (κ1) is 40.9. The summed E-state index contributed by atoms with van der Waals surface area (Å²) in [6, 6.07) is 0. The lowest BCUT2D eigenvalue weighted by atomic mass is 9.47. The molecule has 0 bridgehead atoms. The van der Waals surface area contributed by atoms with E-state index < -0.39 is 74.6 Å². The summed E-state index contributed by atoms with van der Waals surface area (Å²) in [7, 11) is 0. The molecule has 300 valence electrons. The number of hydrogen-bond donors (Lipinski definition) is 7. The third-order valence-corrected chi connectivity index (χ3v) is 15.7. The molecular formula is C41H70O11. The van der Waals surface area contributed by atoms with Gasteiger partial charge in [-0.05, 0) is 110 Å². The smallest absolute Gasteiger partial charge is 0.224 e. The summed E-state index contributed by atoms with van der Waals surface area (Å²) in [4.78, 5) is 0. The summed E-state index contributed by atoms with van der Waals surface area (Å²) >= 11 is 0. The molecule has 6 aliphatic rings. The van der Waals surface area contributed by atoms with Crippen LogP contribution in [0.5, 0.6) is 0 Å². The fourth-order valence-electron chi connectivity index (χ4n) is 12.4. The van der Waals surface area contributed by atoms with E-state index >= 15 is 0 Å². The van der Waals surface area contributed by atoms with Crippen molar-refractivity contribution in [3.63, 3.8) is 0 Å². The van der Waals surface area contributed by atoms with Gasteiger partial charge >= 0.3 is 0 Å². The molecule has 2 aliphatic heterocycles.